The van der Waals surface area contributed by atoms with Crippen LogP contribution in [-0.2, 0) is 4.79 Å². The van der Waals surface area contributed by atoms with Crippen LogP contribution in [0.3, 0.4) is 0 Å². The van der Waals surface area contributed by atoms with Gasteiger partial charge >= 0.3 is 12.0 Å². The Morgan fingerprint density at radius 1 is 1.29 bits per heavy atom. The molecule has 2 amide bonds. The first-order valence-electron chi connectivity index (χ1n) is 6.25. The van der Waals surface area contributed by atoms with E-state index in [4.69, 9.17) is 5.11 Å². The Morgan fingerprint density at radius 3 is 2.41 bits per heavy atom. The fourth-order valence-electron chi connectivity index (χ4n) is 1.62. The Hall–Kier alpha value is -1.26. The van der Waals surface area contributed by atoms with Gasteiger partial charge in [-0.15, -0.1) is 0 Å². The lowest BCUT2D eigenvalue weighted by molar-refractivity contribution is -0.138. The highest BCUT2D eigenvalue weighted by molar-refractivity contribution is 5.74. The van der Waals surface area contributed by atoms with Crippen LogP contribution in [0.4, 0.5) is 4.79 Å². The maximum absolute atomic E-state index is 11.5. The van der Waals surface area contributed by atoms with Gasteiger partial charge in [-0.1, -0.05) is 26.7 Å². The molecule has 0 saturated heterocycles. The fourth-order valence-corrected chi connectivity index (χ4v) is 1.62. The molecule has 0 aromatic rings. The van der Waals surface area contributed by atoms with E-state index in [1.54, 1.807) is 0 Å². The molecule has 0 saturated carbocycles. The van der Waals surface area contributed by atoms with E-state index in [9.17, 15) is 9.59 Å². The van der Waals surface area contributed by atoms with Crippen LogP contribution in [0.25, 0.3) is 0 Å². The van der Waals surface area contributed by atoms with Gasteiger partial charge in [0, 0.05) is 19.0 Å². The molecule has 0 rings (SSSR count). The number of urea groups is 1. The molecule has 5 nitrogen and oxygen atoms in total. The number of amides is 2. The van der Waals surface area contributed by atoms with Crippen molar-refractivity contribution in [3.63, 3.8) is 0 Å². The Labute approximate surface area is 103 Å². The minimum Gasteiger partial charge on any atom is -0.481 e. The minimum atomic E-state index is -0.821. The fraction of sp³-hybridized carbons (Fsp3) is 0.833. The van der Waals surface area contributed by atoms with Gasteiger partial charge in [0.25, 0.3) is 0 Å². The van der Waals surface area contributed by atoms with E-state index in [1.807, 2.05) is 13.8 Å². The van der Waals surface area contributed by atoms with Crippen molar-refractivity contribution in [2.75, 3.05) is 6.54 Å². The van der Waals surface area contributed by atoms with Gasteiger partial charge in [0.1, 0.15) is 0 Å². The highest BCUT2D eigenvalue weighted by Gasteiger charge is 2.13. The van der Waals surface area contributed by atoms with Gasteiger partial charge in [-0.3, -0.25) is 4.79 Å². The number of carboxylic acids is 1. The van der Waals surface area contributed by atoms with Gasteiger partial charge in [-0.05, 0) is 19.3 Å². The molecule has 2 atom stereocenters. The van der Waals surface area contributed by atoms with Gasteiger partial charge in [0.2, 0.25) is 0 Å². The van der Waals surface area contributed by atoms with Crippen LogP contribution in [0, 0.1) is 5.92 Å². The molecule has 0 bridgehead atoms. The maximum atomic E-state index is 11.5. The first-order chi connectivity index (χ1) is 7.99. The molecule has 0 aliphatic heterocycles. The normalized spacial score (nSPS) is 13.8. The first-order valence-corrected chi connectivity index (χ1v) is 6.25. The third-order valence-electron chi connectivity index (χ3n) is 2.69. The number of rotatable bonds is 8. The number of carbonyl (C=O) groups excluding carboxylic acids is 1. The van der Waals surface area contributed by atoms with E-state index in [1.165, 1.54) is 0 Å². The van der Waals surface area contributed by atoms with E-state index in [2.05, 4.69) is 17.6 Å². The van der Waals surface area contributed by atoms with Crippen molar-refractivity contribution >= 4 is 12.0 Å². The zero-order valence-corrected chi connectivity index (χ0v) is 11.0. The summed E-state index contributed by atoms with van der Waals surface area (Å²) >= 11 is 0. The quantitative estimate of drug-likeness (QED) is 0.611. The monoisotopic (exact) mass is 244 g/mol. The standard InChI is InChI=1S/C12H24N2O3/c1-4-6-9(3)14-12(17)13-8-10(5-2)7-11(15)16/h9-10H,4-8H2,1-3H3,(H,15,16)(H2,13,14,17). The molecule has 5 heteroatoms. The second-order valence-electron chi connectivity index (χ2n) is 4.42. The second kappa shape index (κ2) is 8.84. The van der Waals surface area contributed by atoms with Gasteiger partial charge < -0.3 is 15.7 Å². The lowest BCUT2D eigenvalue weighted by Gasteiger charge is -2.16. The van der Waals surface area contributed by atoms with Gasteiger partial charge in [-0.25, -0.2) is 4.79 Å². The van der Waals surface area contributed by atoms with Crippen molar-refractivity contribution in [1.82, 2.24) is 10.6 Å². The lowest BCUT2D eigenvalue weighted by Crippen LogP contribution is -2.42. The summed E-state index contributed by atoms with van der Waals surface area (Å²) in [5.41, 5.74) is 0. The average Bonchev–Trinajstić information content (AvgIpc) is 2.23. The highest BCUT2D eigenvalue weighted by Crippen LogP contribution is 2.06. The number of carboxylic acid groups (broad SMARTS) is 1. The summed E-state index contributed by atoms with van der Waals surface area (Å²) in [5, 5.41) is 14.2. The molecule has 17 heavy (non-hydrogen) atoms. The van der Waals surface area contributed by atoms with Crippen molar-refractivity contribution in [3.8, 4) is 0 Å². The summed E-state index contributed by atoms with van der Waals surface area (Å²) in [6.07, 6.45) is 2.82. The summed E-state index contributed by atoms with van der Waals surface area (Å²) in [7, 11) is 0. The summed E-state index contributed by atoms with van der Waals surface area (Å²) in [4.78, 5) is 22.0. The van der Waals surface area contributed by atoms with Crippen molar-refractivity contribution in [2.45, 2.75) is 52.5 Å². The van der Waals surface area contributed by atoms with E-state index in [0.29, 0.717) is 6.54 Å². The predicted octanol–water partition coefficient (Wildman–Crippen LogP) is 1.98. The van der Waals surface area contributed by atoms with Crippen LogP contribution >= 0.6 is 0 Å². The van der Waals surface area contributed by atoms with E-state index in [-0.39, 0.29) is 24.4 Å². The third kappa shape index (κ3) is 8.54. The molecule has 0 aromatic heterocycles. The summed E-state index contributed by atoms with van der Waals surface area (Å²) in [5.74, 6) is -0.821. The minimum absolute atomic E-state index is 0.000249. The van der Waals surface area contributed by atoms with Crippen LogP contribution in [0.15, 0.2) is 0 Å². The maximum Gasteiger partial charge on any atom is 0.315 e. The van der Waals surface area contributed by atoms with E-state index in [0.717, 1.165) is 19.3 Å². The molecule has 0 heterocycles. The summed E-state index contributed by atoms with van der Waals surface area (Å²) < 4.78 is 0. The molecular formula is C12H24N2O3. The third-order valence-corrected chi connectivity index (χ3v) is 2.69. The zero-order chi connectivity index (χ0) is 13.3. The van der Waals surface area contributed by atoms with Crippen molar-refractivity contribution in [1.29, 1.82) is 0 Å². The van der Waals surface area contributed by atoms with Crippen molar-refractivity contribution in [3.05, 3.63) is 0 Å². The second-order valence-corrected chi connectivity index (χ2v) is 4.42. The molecule has 2 unspecified atom stereocenters. The predicted molar refractivity (Wildman–Crippen MR) is 66.9 cm³/mol. The molecule has 0 aliphatic rings. The van der Waals surface area contributed by atoms with Crippen molar-refractivity contribution in [2.24, 2.45) is 5.92 Å². The van der Waals surface area contributed by atoms with Crippen LogP contribution in [-0.4, -0.2) is 29.7 Å². The molecule has 3 N–H and O–H groups in total. The molecule has 0 aliphatic carbocycles. The Bertz CT molecular complexity index is 244. The van der Waals surface area contributed by atoms with Gasteiger partial charge in [0.05, 0.1) is 0 Å². The van der Waals surface area contributed by atoms with Crippen LogP contribution in [0.5, 0.6) is 0 Å². The van der Waals surface area contributed by atoms with Gasteiger partial charge in [0.15, 0.2) is 0 Å². The van der Waals surface area contributed by atoms with Crippen LogP contribution in [0.1, 0.15) is 46.5 Å². The highest BCUT2D eigenvalue weighted by atomic mass is 16.4. The number of aliphatic carboxylic acids is 1. The van der Waals surface area contributed by atoms with Crippen molar-refractivity contribution < 1.29 is 14.7 Å². The summed E-state index contributed by atoms with van der Waals surface area (Å²) in [6.45, 7) is 6.36. The molecule has 0 radical (unpaired) electrons. The lowest BCUT2D eigenvalue weighted by atomic mass is 10.0. The largest absolute Gasteiger partial charge is 0.481 e. The number of nitrogens with one attached hydrogen (secondary N) is 2. The average molecular weight is 244 g/mol. The molecule has 0 spiro atoms. The topological polar surface area (TPSA) is 78.4 Å². The smallest absolute Gasteiger partial charge is 0.315 e. The van der Waals surface area contributed by atoms with Crippen LogP contribution in [0.2, 0.25) is 0 Å². The number of hydrogen-bond donors (Lipinski definition) is 3. The summed E-state index contributed by atoms with van der Waals surface area (Å²) in [6, 6.07) is -0.0608. The van der Waals surface area contributed by atoms with E-state index < -0.39 is 5.97 Å². The number of carbonyl (C=O) groups is 2. The molecule has 0 aromatic carbocycles. The molecular weight excluding hydrogens is 220 g/mol. The molecule has 100 valence electrons. The molecule has 0 fully saturated rings. The Morgan fingerprint density at radius 2 is 1.94 bits per heavy atom. The SMILES string of the molecule is CCCC(C)NC(=O)NCC(CC)CC(=O)O. The van der Waals surface area contributed by atoms with Gasteiger partial charge in [-0.2, -0.15) is 0 Å². The van der Waals surface area contributed by atoms with Crippen LogP contribution < -0.4 is 10.6 Å². The number of hydrogen-bond acceptors (Lipinski definition) is 2. The Balaban J connectivity index is 3.84. The van der Waals surface area contributed by atoms with E-state index >= 15 is 0 Å². The zero-order valence-electron chi connectivity index (χ0n) is 11.0. The first kappa shape index (κ1) is 15.7. The Kier molecular flexibility index (Phi) is 8.19.